The van der Waals surface area contributed by atoms with Crippen LogP contribution in [0.15, 0.2) is 0 Å². The van der Waals surface area contributed by atoms with Gasteiger partial charge in [-0.05, 0) is 6.42 Å². The molecule has 0 aromatic carbocycles. The summed E-state index contributed by atoms with van der Waals surface area (Å²) in [4.78, 5) is 0. The molecule has 1 aliphatic rings. The average molecular weight is 176 g/mol. The SMILES string of the molecule is CO[C@H]1C[C@@H](O)C(CO)(CO)C1. The lowest BCUT2D eigenvalue weighted by Gasteiger charge is -2.27. The number of hydrogen-bond acceptors (Lipinski definition) is 4. The zero-order valence-electron chi connectivity index (χ0n) is 7.23. The monoisotopic (exact) mass is 176 g/mol. The van der Waals surface area contributed by atoms with E-state index >= 15 is 0 Å². The fourth-order valence-electron chi connectivity index (χ4n) is 1.74. The van der Waals surface area contributed by atoms with E-state index in [1.807, 2.05) is 0 Å². The molecule has 4 nitrogen and oxygen atoms in total. The molecule has 0 unspecified atom stereocenters. The number of hydrogen-bond donors (Lipinski definition) is 3. The van der Waals surface area contributed by atoms with Crippen molar-refractivity contribution in [1.82, 2.24) is 0 Å². The third kappa shape index (κ3) is 1.47. The van der Waals surface area contributed by atoms with Crippen LogP contribution in [0.1, 0.15) is 12.8 Å². The summed E-state index contributed by atoms with van der Waals surface area (Å²) in [6, 6.07) is 0. The Morgan fingerprint density at radius 3 is 2.25 bits per heavy atom. The van der Waals surface area contributed by atoms with E-state index in [0.717, 1.165) is 0 Å². The molecule has 0 heterocycles. The lowest BCUT2D eigenvalue weighted by molar-refractivity contribution is -0.0326. The second-order valence-electron chi connectivity index (χ2n) is 3.49. The highest BCUT2D eigenvalue weighted by atomic mass is 16.5. The second-order valence-corrected chi connectivity index (χ2v) is 3.49. The van der Waals surface area contributed by atoms with Gasteiger partial charge in [0.2, 0.25) is 0 Å². The minimum absolute atomic E-state index is 0.0423. The average Bonchev–Trinajstić information content (AvgIpc) is 2.43. The van der Waals surface area contributed by atoms with Crippen LogP contribution in [-0.4, -0.2) is 47.9 Å². The first-order valence-corrected chi connectivity index (χ1v) is 4.11. The predicted octanol–water partition coefficient (Wildman–Crippen LogP) is -0.873. The van der Waals surface area contributed by atoms with Gasteiger partial charge in [0.25, 0.3) is 0 Å². The Balaban J connectivity index is 2.65. The van der Waals surface area contributed by atoms with Crippen LogP contribution in [0.2, 0.25) is 0 Å². The molecule has 0 spiro atoms. The maximum absolute atomic E-state index is 9.54. The van der Waals surface area contributed by atoms with Crippen molar-refractivity contribution >= 4 is 0 Å². The molecule has 72 valence electrons. The van der Waals surface area contributed by atoms with Crippen molar-refractivity contribution in [3.8, 4) is 0 Å². The molecule has 2 atom stereocenters. The number of rotatable bonds is 3. The molecule has 4 heteroatoms. The van der Waals surface area contributed by atoms with Gasteiger partial charge in [-0.1, -0.05) is 0 Å². The largest absolute Gasteiger partial charge is 0.396 e. The lowest BCUT2D eigenvalue weighted by atomic mass is 9.86. The molecule has 0 aromatic heterocycles. The zero-order chi connectivity index (χ0) is 9.19. The van der Waals surface area contributed by atoms with Crippen LogP contribution in [0, 0.1) is 5.41 Å². The first kappa shape index (κ1) is 9.92. The quantitative estimate of drug-likeness (QED) is 0.522. The van der Waals surface area contributed by atoms with Gasteiger partial charge in [0.05, 0.1) is 25.4 Å². The Kier molecular flexibility index (Phi) is 3.06. The van der Waals surface area contributed by atoms with Crippen LogP contribution in [-0.2, 0) is 4.74 Å². The Bertz CT molecular complexity index is 144. The summed E-state index contributed by atoms with van der Waals surface area (Å²) in [5, 5.41) is 27.6. The van der Waals surface area contributed by atoms with Crippen molar-refractivity contribution in [3.63, 3.8) is 0 Å². The van der Waals surface area contributed by atoms with Crippen molar-refractivity contribution in [1.29, 1.82) is 0 Å². The first-order chi connectivity index (χ1) is 5.68. The maximum Gasteiger partial charge on any atom is 0.0666 e. The van der Waals surface area contributed by atoms with Crippen molar-refractivity contribution < 1.29 is 20.1 Å². The molecule has 1 saturated carbocycles. The Hall–Kier alpha value is -0.160. The van der Waals surface area contributed by atoms with E-state index in [9.17, 15) is 5.11 Å². The highest BCUT2D eigenvalue weighted by molar-refractivity contribution is 4.96. The second kappa shape index (κ2) is 3.70. The Labute approximate surface area is 71.8 Å². The fourth-order valence-corrected chi connectivity index (χ4v) is 1.74. The summed E-state index contributed by atoms with van der Waals surface area (Å²) in [5.74, 6) is 0. The van der Waals surface area contributed by atoms with Gasteiger partial charge in [-0.2, -0.15) is 0 Å². The summed E-state index contributed by atoms with van der Waals surface area (Å²) >= 11 is 0. The summed E-state index contributed by atoms with van der Waals surface area (Å²) in [7, 11) is 1.57. The molecular weight excluding hydrogens is 160 g/mol. The van der Waals surface area contributed by atoms with Gasteiger partial charge in [-0.3, -0.25) is 0 Å². The molecule has 3 N–H and O–H groups in total. The van der Waals surface area contributed by atoms with Gasteiger partial charge in [0, 0.05) is 18.9 Å². The Morgan fingerprint density at radius 1 is 1.42 bits per heavy atom. The van der Waals surface area contributed by atoms with E-state index in [2.05, 4.69) is 0 Å². The van der Waals surface area contributed by atoms with Gasteiger partial charge >= 0.3 is 0 Å². The molecule has 1 rings (SSSR count). The number of aliphatic hydroxyl groups excluding tert-OH is 3. The number of aliphatic hydroxyl groups is 3. The van der Waals surface area contributed by atoms with Crippen LogP contribution in [0.5, 0.6) is 0 Å². The van der Waals surface area contributed by atoms with Gasteiger partial charge in [0.1, 0.15) is 0 Å². The third-order valence-electron chi connectivity index (χ3n) is 2.79. The molecule has 1 fully saturated rings. The lowest BCUT2D eigenvalue weighted by Crippen LogP contribution is -2.37. The van der Waals surface area contributed by atoms with Crippen LogP contribution >= 0.6 is 0 Å². The van der Waals surface area contributed by atoms with Gasteiger partial charge in [-0.15, -0.1) is 0 Å². The van der Waals surface area contributed by atoms with Gasteiger partial charge in [-0.25, -0.2) is 0 Å². The molecule has 0 saturated heterocycles. The van der Waals surface area contributed by atoms with E-state index < -0.39 is 11.5 Å². The molecule has 0 bridgehead atoms. The minimum atomic E-state index is -0.749. The standard InChI is InChI=1S/C8H16O4/c1-12-6-2-7(11)8(3-6,4-9)5-10/h6-7,9-11H,2-5H2,1H3/t6-,7+/m0/s1. The van der Waals surface area contributed by atoms with Crippen molar-refractivity contribution in [2.75, 3.05) is 20.3 Å². The topological polar surface area (TPSA) is 69.9 Å². The maximum atomic E-state index is 9.54. The van der Waals surface area contributed by atoms with E-state index in [0.29, 0.717) is 12.8 Å². The summed E-state index contributed by atoms with van der Waals surface area (Å²) in [5.41, 5.74) is -0.749. The van der Waals surface area contributed by atoms with E-state index in [-0.39, 0.29) is 19.3 Å². The summed E-state index contributed by atoms with van der Waals surface area (Å²) in [6.07, 6.45) is 0.326. The molecule has 0 aromatic rings. The molecule has 1 aliphatic carbocycles. The molecule has 0 amide bonds. The van der Waals surface area contributed by atoms with Crippen LogP contribution < -0.4 is 0 Å². The Morgan fingerprint density at radius 2 is 2.00 bits per heavy atom. The first-order valence-electron chi connectivity index (χ1n) is 4.11. The summed E-state index contributed by atoms with van der Waals surface area (Å²) in [6.45, 7) is -0.380. The smallest absolute Gasteiger partial charge is 0.0666 e. The fraction of sp³-hybridized carbons (Fsp3) is 1.00. The summed E-state index contributed by atoms with van der Waals surface area (Å²) < 4.78 is 5.06. The molecule has 12 heavy (non-hydrogen) atoms. The molecular formula is C8H16O4. The highest BCUT2D eigenvalue weighted by Crippen LogP contribution is 2.38. The van der Waals surface area contributed by atoms with E-state index in [4.69, 9.17) is 14.9 Å². The normalized spacial score (nSPS) is 34.0. The molecule has 0 radical (unpaired) electrons. The molecule has 0 aliphatic heterocycles. The number of ether oxygens (including phenoxy) is 1. The van der Waals surface area contributed by atoms with Gasteiger partial charge < -0.3 is 20.1 Å². The van der Waals surface area contributed by atoms with Crippen LogP contribution in [0.3, 0.4) is 0 Å². The zero-order valence-corrected chi connectivity index (χ0v) is 7.23. The predicted molar refractivity (Wildman–Crippen MR) is 42.6 cm³/mol. The highest BCUT2D eigenvalue weighted by Gasteiger charge is 2.46. The van der Waals surface area contributed by atoms with Crippen molar-refractivity contribution in [3.05, 3.63) is 0 Å². The minimum Gasteiger partial charge on any atom is -0.396 e. The van der Waals surface area contributed by atoms with Crippen molar-refractivity contribution in [2.45, 2.75) is 25.0 Å². The van der Waals surface area contributed by atoms with E-state index in [1.54, 1.807) is 7.11 Å². The van der Waals surface area contributed by atoms with Crippen LogP contribution in [0.4, 0.5) is 0 Å². The van der Waals surface area contributed by atoms with Crippen LogP contribution in [0.25, 0.3) is 0 Å². The number of methoxy groups -OCH3 is 1. The van der Waals surface area contributed by atoms with E-state index in [1.165, 1.54) is 0 Å². The third-order valence-corrected chi connectivity index (χ3v) is 2.79. The van der Waals surface area contributed by atoms with Gasteiger partial charge in [0.15, 0.2) is 0 Å². The van der Waals surface area contributed by atoms with Crippen molar-refractivity contribution in [2.24, 2.45) is 5.41 Å².